The second-order valence-corrected chi connectivity index (χ2v) is 6.90. The van der Waals surface area contributed by atoms with Crippen molar-refractivity contribution >= 4 is 5.95 Å². The fraction of sp³-hybridized carbons (Fsp3) is 0.167. The highest BCUT2D eigenvalue weighted by molar-refractivity contribution is 5.67. The highest BCUT2D eigenvalue weighted by Gasteiger charge is 2.17. The number of benzene rings is 3. The smallest absolute Gasteiger partial charge is 0.229 e. The second kappa shape index (κ2) is 9.21. The van der Waals surface area contributed by atoms with Gasteiger partial charge in [-0.2, -0.15) is 0 Å². The fourth-order valence-corrected chi connectivity index (χ4v) is 3.41. The van der Waals surface area contributed by atoms with Crippen LogP contribution in [0, 0.1) is 0 Å². The molecule has 1 aromatic heterocycles. The Balaban J connectivity index is 1.60. The van der Waals surface area contributed by atoms with E-state index in [2.05, 4.69) is 15.5 Å². The number of aromatic nitrogens is 3. The molecule has 3 aromatic carbocycles. The number of hydrogen-bond donors (Lipinski definition) is 2. The van der Waals surface area contributed by atoms with Gasteiger partial charge in [-0.25, -0.2) is 0 Å². The van der Waals surface area contributed by atoms with Crippen molar-refractivity contribution in [3.8, 4) is 34.3 Å². The molecule has 4 aromatic rings. The highest BCUT2D eigenvalue weighted by atomic mass is 16.5. The van der Waals surface area contributed by atoms with Crippen LogP contribution in [0.3, 0.4) is 0 Å². The van der Waals surface area contributed by atoms with Gasteiger partial charge in [-0.05, 0) is 48.4 Å². The summed E-state index contributed by atoms with van der Waals surface area (Å²) in [5, 5.41) is 22.4. The average molecular weight is 416 g/mol. The molecule has 0 spiro atoms. The summed E-state index contributed by atoms with van der Waals surface area (Å²) < 4.78 is 12.6. The van der Waals surface area contributed by atoms with Crippen LogP contribution in [-0.2, 0) is 6.42 Å². The van der Waals surface area contributed by atoms with Crippen LogP contribution in [-0.4, -0.2) is 40.6 Å². The summed E-state index contributed by atoms with van der Waals surface area (Å²) in [4.78, 5) is 0. The van der Waals surface area contributed by atoms with Crippen LogP contribution in [0.2, 0.25) is 0 Å². The number of methoxy groups -OCH3 is 2. The molecule has 7 heteroatoms. The van der Waals surface area contributed by atoms with E-state index in [1.54, 1.807) is 26.4 Å². The van der Waals surface area contributed by atoms with Crippen molar-refractivity contribution in [2.45, 2.75) is 6.42 Å². The van der Waals surface area contributed by atoms with Gasteiger partial charge in [0.2, 0.25) is 5.95 Å². The van der Waals surface area contributed by atoms with Gasteiger partial charge in [0.05, 0.1) is 25.5 Å². The summed E-state index contributed by atoms with van der Waals surface area (Å²) in [7, 11) is 3.25. The lowest BCUT2D eigenvalue weighted by Gasteiger charge is -2.13. The van der Waals surface area contributed by atoms with Gasteiger partial charge in [-0.3, -0.25) is 4.57 Å². The number of ether oxygens (including phenoxy) is 2. The largest absolute Gasteiger partial charge is 0.507 e. The Morgan fingerprint density at radius 2 is 1.61 bits per heavy atom. The lowest BCUT2D eigenvalue weighted by Crippen LogP contribution is -2.10. The average Bonchev–Trinajstić information content (AvgIpc) is 3.23. The van der Waals surface area contributed by atoms with E-state index in [0.29, 0.717) is 35.4 Å². The monoisotopic (exact) mass is 416 g/mol. The molecule has 0 unspecified atom stereocenters. The summed E-state index contributed by atoms with van der Waals surface area (Å²) in [6.07, 6.45) is 0.758. The number of phenols is 1. The predicted molar refractivity (Wildman–Crippen MR) is 120 cm³/mol. The molecule has 0 atom stereocenters. The van der Waals surface area contributed by atoms with Crippen molar-refractivity contribution in [1.82, 2.24) is 14.8 Å². The Morgan fingerprint density at radius 1 is 0.871 bits per heavy atom. The van der Waals surface area contributed by atoms with Crippen LogP contribution >= 0.6 is 0 Å². The Morgan fingerprint density at radius 3 is 2.35 bits per heavy atom. The summed E-state index contributed by atoms with van der Waals surface area (Å²) in [6.45, 7) is 0.640. The molecule has 4 rings (SSSR count). The maximum absolute atomic E-state index is 10.3. The van der Waals surface area contributed by atoms with Gasteiger partial charge in [-0.1, -0.05) is 36.4 Å². The first-order chi connectivity index (χ1) is 15.2. The van der Waals surface area contributed by atoms with Crippen LogP contribution in [0.15, 0.2) is 72.8 Å². The number of rotatable bonds is 8. The molecule has 0 aliphatic carbocycles. The molecule has 0 saturated carbocycles. The van der Waals surface area contributed by atoms with Crippen LogP contribution in [0.4, 0.5) is 5.95 Å². The molecule has 0 amide bonds. The van der Waals surface area contributed by atoms with Gasteiger partial charge < -0.3 is 19.9 Å². The van der Waals surface area contributed by atoms with Crippen molar-refractivity contribution in [2.75, 3.05) is 26.1 Å². The van der Waals surface area contributed by atoms with E-state index < -0.39 is 0 Å². The predicted octanol–water partition coefficient (Wildman–Crippen LogP) is 4.31. The van der Waals surface area contributed by atoms with E-state index in [1.807, 2.05) is 65.2 Å². The first-order valence-corrected chi connectivity index (χ1v) is 9.95. The maximum Gasteiger partial charge on any atom is 0.229 e. The number of hydrogen-bond acceptors (Lipinski definition) is 6. The Hall–Kier alpha value is -4.00. The molecule has 2 N–H and O–H groups in total. The summed E-state index contributed by atoms with van der Waals surface area (Å²) in [5.41, 5.74) is 2.63. The minimum atomic E-state index is 0.156. The topological polar surface area (TPSA) is 81.4 Å². The molecule has 7 nitrogen and oxygen atoms in total. The molecular weight excluding hydrogens is 392 g/mol. The van der Waals surface area contributed by atoms with E-state index in [9.17, 15) is 5.11 Å². The fourth-order valence-electron chi connectivity index (χ4n) is 3.41. The first kappa shape index (κ1) is 20.3. The Bertz CT molecular complexity index is 1160. The van der Waals surface area contributed by atoms with Crippen molar-refractivity contribution in [2.24, 2.45) is 0 Å². The lowest BCUT2D eigenvalue weighted by atomic mass is 10.1. The molecule has 0 aliphatic rings. The summed E-state index contributed by atoms with van der Waals surface area (Å²) in [5.74, 6) is 2.73. The minimum absolute atomic E-state index is 0.156. The van der Waals surface area contributed by atoms with E-state index in [0.717, 1.165) is 17.7 Å². The van der Waals surface area contributed by atoms with Gasteiger partial charge in [0.1, 0.15) is 5.75 Å². The Kier molecular flexibility index (Phi) is 6.03. The van der Waals surface area contributed by atoms with Crippen molar-refractivity contribution in [1.29, 1.82) is 0 Å². The third-order valence-corrected chi connectivity index (χ3v) is 4.97. The normalized spacial score (nSPS) is 10.6. The van der Waals surface area contributed by atoms with E-state index in [1.165, 1.54) is 0 Å². The molecular formula is C24H24N4O3. The third kappa shape index (κ3) is 4.30. The molecule has 0 bridgehead atoms. The SMILES string of the molecule is COc1ccc(CCNc2nnc(-c3ccccc3O)n2-c2ccccc2)cc1OC. The van der Waals surface area contributed by atoms with E-state index in [-0.39, 0.29) is 5.75 Å². The van der Waals surface area contributed by atoms with Gasteiger partial charge in [-0.15, -0.1) is 10.2 Å². The van der Waals surface area contributed by atoms with Gasteiger partial charge in [0, 0.05) is 6.54 Å². The number of phenolic OH excluding ortho intramolecular Hbond substituents is 1. The molecule has 158 valence electrons. The van der Waals surface area contributed by atoms with Gasteiger partial charge >= 0.3 is 0 Å². The molecule has 0 saturated heterocycles. The highest BCUT2D eigenvalue weighted by Crippen LogP contribution is 2.31. The molecule has 0 fully saturated rings. The van der Waals surface area contributed by atoms with Gasteiger partial charge in [0.25, 0.3) is 0 Å². The van der Waals surface area contributed by atoms with E-state index >= 15 is 0 Å². The van der Waals surface area contributed by atoms with E-state index in [4.69, 9.17) is 9.47 Å². The maximum atomic E-state index is 10.3. The number of aromatic hydroxyl groups is 1. The second-order valence-electron chi connectivity index (χ2n) is 6.90. The van der Waals surface area contributed by atoms with Crippen molar-refractivity contribution in [3.63, 3.8) is 0 Å². The van der Waals surface area contributed by atoms with Gasteiger partial charge in [0.15, 0.2) is 17.3 Å². The zero-order valence-electron chi connectivity index (χ0n) is 17.4. The zero-order chi connectivity index (χ0) is 21.6. The van der Waals surface area contributed by atoms with Crippen molar-refractivity contribution in [3.05, 3.63) is 78.4 Å². The minimum Gasteiger partial charge on any atom is -0.507 e. The molecule has 1 heterocycles. The van der Waals surface area contributed by atoms with Crippen molar-refractivity contribution < 1.29 is 14.6 Å². The first-order valence-electron chi connectivity index (χ1n) is 9.95. The number of nitrogens with zero attached hydrogens (tertiary/aromatic N) is 3. The number of nitrogens with one attached hydrogen (secondary N) is 1. The van der Waals surface area contributed by atoms with Crippen LogP contribution in [0.25, 0.3) is 17.1 Å². The van der Waals surface area contributed by atoms with Crippen LogP contribution < -0.4 is 14.8 Å². The number of para-hydroxylation sites is 2. The molecule has 0 radical (unpaired) electrons. The summed E-state index contributed by atoms with van der Waals surface area (Å²) in [6, 6.07) is 22.8. The standard InChI is InChI=1S/C24H24N4O3/c1-30-21-13-12-17(16-22(21)31-2)14-15-25-24-27-26-23(19-10-6-7-11-20(19)29)28(24)18-8-4-3-5-9-18/h3-13,16,29H,14-15H2,1-2H3,(H,25,27). The molecule has 31 heavy (non-hydrogen) atoms. The quantitative estimate of drug-likeness (QED) is 0.445. The Labute approximate surface area is 180 Å². The summed E-state index contributed by atoms with van der Waals surface area (Å²) >= 11 is 0. The van der Waals surface area contributed by atoms with Crippen LogP contribution in [0.1, 0.15) is 5.56 Å². The third-order valence-electron chi connectivity index (χ3n) is 4.97. The van der Waals surface area contributed by atoms with Crippen LogP contribution in [0.5, 0.6) is 17.2 Å². The zero-order valence-corrected chi connectivity index (χ0v) is 17.4. The molecule has 0 aliphatic heterocycles. The number of anilines is 1. The lowest BCUT2D eigenvalue weighted by molar-refractivity contribution is 0.354.